The van der Waals surface area contributed by atoms with Crippen molar-refractivity contribution in [1.29, 1.82) is 0 Å². The maximum absolute atomic E-state index is 11.8. The molecule has 5 heteroatoms. The molecule has 0 spiro atoms. The number of carbonyl (C=O) groups is 2. The van der Waals surface area contributed by atoms with Gasteiger partial charge in [-0.15, -0.1) is 0 Å². The summed E-state index contributed by atoms with van der Waals surface area (Å²) in [6.45, 7) is 1.18. The van der Waals surface area contributed by atoms with Gasteiger partial charge in [0.25, 0.3) is 0 Å². The molecule has 2 aliphatic rings. The Labute approximate surface area is 93.5 Å². The summed E-state index contributed by atoms with van der Waals surface area (Å²) >= 11 is 0. The van der Waals surface area contributed by atoms with E-state index in [0.717, 1.165) is 0 Å². The van der Waals surface area contributed by atoms with E-state index in [2.05, 4.69) is 5.32 Å². The molecule has 0 radical (unpaired) electrons. The first-order valence-electron chi connectivity index (χ1n) is 5.45. The zero-order chi connectivity index (χ0) is 11.5. The first kappa shape index (κ1) is 11.1. The first-order chi connectivity index (χ1) is 7.68. The van der Waals surface area contributed by atoms with Crippen LogP contribution in [0.3, 0.4) is 0 Å². The SMILES string of the molecule is O=C(NC[C@@H]1CO1)[C@H]1CC=CC[C@H]1C(=O)O. The van der Waals surface area contributed by atoms with Gasteiger partial charge in [0.05, 0.1) is 24.5 Å². The van der Waals surface area contributed by atoms with Crippen LogP contribution in [0.15, 0.2) is 12.2 Å². The number of allylic oxidation sites excluding steroid dienone is 2. The average Bonchev–Trinajstić information content (AvgIpc) is 3.09. The summed E-state index contributed by atoms with van der Waals surface area (Å²) < 4.78 is 4.98. The van der Waals surface area contributed by atoms with E-state index in [0.29, 0.717) is 26.0 Å². The van der Waals surface area contributed by atoms with E-state index < -0.39 is 17.8 Å². The lowest BCUT2D eigenvalue weighted by molar-refractivity contribution is -0.147. The maximum Gasteiger partial charge on any atom is 0.307 e. The number of aliphatic carboxylic acids is 1. The van der Waals surface area contributed by atoms with E-state index >= 15 is 0 Å². The quantitative estimate of drug-likeness (QED) is 0.528. The number of epoxide rings is 1. The van der Waals surface area contributed by atoms with Gasteiger partial charge in [0.15, 0.2) is 0 Å². The van der Waals surface area contributed by atoms with Crippen LogP contribution in [-0.2, 0) is 14.3 Å². The third kappa shape index (κ3) is 2.61. The van der Waals surface area contributed by atoms with Crippen LogP contribution >= 0.6 is 0 Å². The van der Waals surface area contributed by atoms with Crippen molar-refractivity contribution >= 4 is 11.9 Å². The Hall–Kier alpha value is -1.36. The van der Waals surface area contributed by atoms with E-state index in [1.807, 2.05) is 12.2 Å². The van der Waals surface area contributed by atoms with Gasteiger partial charge >= 0.3 is 5.97 Å². The van der Waals surface area contributed by atoms with Crippen LogP contribution in [0.25, 0.3) is 0 Å². The lowest BCUT2D eigenvalue weighted by Gasteiger charge is -2.23. The van der Waals surface area contributed by atoms with E-state index in [4.69, 9.17) is 9.84 Å². The first-order valence-corrected chi connectivity index (χ1v) is 5.45. The van der Waals surface area contributed by atoms with Crippen molar-refractivity contribution < 1.29 is 19.4 Å². The Morgan fingerprint density at radius 1 is 1.31 bits per heavy atom. The van der Waals surface area contributed by atoms with Crippen LogP contribution in [0, 0.1) is 11.8 Å². The second kappa shape index (κ2) is 4.65. The highest BCUT2D eigenvalue weighted by Crippen LogP contribution is 2.26. The van der Waals surface area contributed by atoms with Crippen molar-refractivity contribution in [2.45, 2.75) is 18.9 Å². The highest BCUT2D eigenvalue weighted by Gasteiger charge is 2.34. The number of nitrogens with one attached hydrogen (secondary N) is 1. The molecule has 16 heavy (non-hydrogen) atoms. The summed E-state index contributed by atoms with van der Waals surface area (Å²) in [5.74, 6) is -2.11. The number of carboxylic acid groups (broad SMARTS) is 1. The van der Waals surface area contributed by atoms with Gasteiger partial charge in [0.2, 0.25) is 5.91 Å². The molecular weight excluding hydrogens is 210 g/mol. The molecule has 0 aromatic carbocycles. The Bertz CT molecular complexity index is 322. The molecule has 0 unspecified atom stereocenters. The van der Waals surface area contributed by atoms with E-state index in [1.54, 1.807) is 0 Å². The largest absolute Gasteiger partial charge is 0.481 e. The molecule has 5 nitrogen and oxygen atoms in total. The molecule has 0 aromatic heterocycles. The second-order valence-corrected chi connectivity index (χ2v) is 4.19. The third-order valence-corrected chi connectivity index (χ3v) is 2.99. The monoisotopic (exact) mass is 225 g/mol. The van der Waals surface area contributed by atoms with Gasteiger partial charge in [-0.1, -0.05) is 12.2 Å². The molecule has 0 bridgehead atoms. The number of amides is 1. The Kier molecular flexibility index (Phi) is 3.24. The van der Waals surface area contributed by atoms with Gasteiger partial charge in [0.1, 0.15) is 0 Å². The van der Waals surface area contributed by atoms with Crippen molar-refractivity contribution in [3.63, 3.8) is 0 Å². The number of hydrogen-bond acceptors (Lipinski definition) is 3. The van der Waals surface area contributed by atoms with Crippen molar-refractivity contribution in [2.75, 3.05) is 13.2 Å². The van der Waals surface area contributed by atoms with Gasteiger partial charge in [-0.2, -0.15) is 0 Å². The number of carbonyl (C=O) groups excluding carboxylic acids is 1. The van der Waals surface area contributed by atoms with Crippen molar-refractivity contribution in [3.8, 4) is 0 Å². The number of hydrogen-bond donors (Lipinski definition) is 2. The molecule has 1 fully saturated rings. The summed E-state index contributed by atoms with van der Waals surface area (Å²) in [4.78, 5) is 22.8. The van der Waals surface area contributed by atoms with Gasteiger partial charge < -0.3 is 15.2 Å². The fourth-order valence-corrected chi connectivity index (χ4v) is 1.91. The fourth-order valence-electron chi connectivity index (χ4n) is 1.91. The molecule has 1 saturated heterocycles. The molecular formula is C11H15NO4. The summed E-state index contributed by atoms with van der Waals surface area (Å²) in [5.41, 5.74) is 0. The average molecular weight is 225 g/mol. The standard InChI is InChI=1S/C11H15NO4/c13-10(12-5-7-6-16-7)8-3-1-2-4-9(8)11(14)15/h1-2,7-9H,3-6H2,(H,12,13)(H,14,15)/t7-,8+,9-/m1/s1. The Morgan fingerprint density at radius 2 is 1.94 bits per heavy atom. The predicted molar refractivity (Wildman–Crippen MR) is 55.7 cm³/mol. The van der Waals surface area contributed by atoms with Gasteiger partial charge in [-0.05, 0) is 12.8 Å². The highest BCUT2D eigenvalue weighted by atomic mass is 16.6. The van der Waals surface area contributed by atoms with E-state index in [-0.39, 0.29) is 12.0 Å². The normalized spacial score (nSPS) is 32.1. The molecule has 2 rings (SSSR count). The van der Waals surface area contributed by atoms with Gasteiger partial charge in [-0.25, -0.2) is 0 Å². The Morgan fingerprint density at radius 3 is 2.50 bits per heavy atom. The zero-order valence-corrected chi connectivity index (χ0v) is 8.89. The van der Waals surface area contributed by atoms with E-state index in [9.17, 15) is 9.59 Å². The minimum atomic E-state index is -0.896. The van der Waals surface area contributed by atoms with Crippen LogP contribution in [-0.4, -0.2) is 36.2 Å². The van der Waals surface area contributed by atoms with Crippen LogP contribution in [0.1, 0.15) is 12.8 Å². The van der Waals surface area contributed by atoms with E-state index in [1.165, 1.54) is 0 Å². The Balaban J connectivity index is 1.90. The van der Waals surface area contributed by atoms with Crippen LogP contribution < -0.4 is 5.32 Å². The van der Waals surface area contributed by atoms with Crippen LogP contribution in [0.5, 0.6) is 0 Å². The summed E-state index contributed by atoms with van der Waals surface area (Å²) in [7, 11) is 0. The molecule has 1 aliphatic carbocycles. The number of carboxylic acids is 1. The van der Waals surface area contributed by atoms with Crippen molar-refractivity contribution in [1.82, 2.24) is 5.32 Å². The summed E-state index contributed by atoms with van der Waals surface area (Å²) in [6.07, 6.45) is 4.78. The fraction of sp³-hybridized carbons (Fsp3) is 0.636. The van der Waals surface area contributed by atoms with Gasteiger partial charge in [0, 0.05) is 6.54 Å². The molecule has 2 N–H and O–H groups in total. The molecule has 88 valence electrons. The molecule has 3 atom stereocenters. The number of rotatable bonds is 4. The maximum atomic E-state index is 11.8. The van der Waals surface area contributed by atoms with Crippen molar-refractivity contribution in [2.24, 2.45) is 11.8 Å². The summed E-state index contributed by atoms with van der Waals surface area (Å²) in [6, 6.07) is 0. The molecule has 1 heterocycles. The summed E-state index contributed by atoms with van der Waals surface area (Å²) in [5, 5.41) is 11.7. The lowest BCUT2D eigenvalue weighted by atomic mass is 9.82. The minimum absolute atomic E-state index is 0.131. The number of ether oxygens (including phenoxy) is 1. The molecule has 1 amide bonds. The minimum Gasteiger partial charge on any atom is -0.481 e. The zero-order valence-electron chi connectivity index (χ0n) is 8.89. The lowest BCUT2D eigenvalue weighted by Crippen LogP contribution is -2.40. The predicted octanol–water partition coefficient (Wildman–Crippen LogP) is 0.168. The van der Waals surface area contributed by atoms with Crippen LogP contribution in [0.4, 0.5) is 0 Å². The van der Waals surface area contributed by atoms with Crippen molar-refractivity contribution in [3.05, 3.63) is 12.2 Å². The molecule has 0 aromatic rings. The molecule has 1 aliphatic heterocycles. The third-order valence-electron chi connectivity index (χ3n) is 2.99. The second-order valence-electron chi connectivity index (χ2n) is 4.19. The molecule has 0 saturated carbocycles. The van der Waals surface area contributed by atoms with Gasteiger partial charge in [-0.3, -0.25) is 9.59 Å². The highest BCUT2D eigenvalue weighted by molar-refractivity contribution is 5.85. The topological polar surface area (TPSA) is 78.9 Å². The smallest absolute Gasteiger partial charge is 0.307 e. The van der Waals surface area contributed by atoms with Crippen LogP contribution in [0.2, 0.25) is 0 Å².